The zero-order valence-electron chi connectivity index (χ0n) is 11.5. The van der Waals surface area contributed by atoms with Gasteiger partial charge in [0.1, 0.15) is 0 Å². The van der Waals surface area contributed by atoms with Crippen molar-refractivity contribution in [3.63, 3.8) is 0 Å². The van der Waals surface area contributed by atoms with E-state index in [0.717, 1.165) is 17.7 Å². The Kier molecular flexibility index (Phi) is 3.77. The van der Waals surface area contributed by atoms with E-state index in [4.69, 9.17) is 9.47 Å². The van der Waals surface area contributed by atoms with Crippen LogP contribution in [0, 0.1) is 0 Å². The smallest absolute Gasteiger partial charge is 0.246 e. The van der Waals surface area contributed by atoms with Gasteiger partial charge in [0.15, 0.2) is 11.5 Å². The molecule has 0 atom stereocenters. The monoisotopic (exact) mass is 288 g/mol. The van der Waals surface area contributed by atoms with Gasteiger partial charge in [0, 0.05) is 32.3 Å². The van der Waals surface area contributed by atoms with Gasteiger partial charge in [0.2, 0.25) is 19.1 Å². The molecule has 2 aliphatic rings. The summed E-state index contributed by atoms with van der Waals surface area (Å²) >= 11 is 0. The third kappa shape index (κ3) is 2.99. The summed E-state index contributed by atoms with van der Waals surface area (Å²) in [6.45, 7) is 2.56. The molecule has 1 fully saturated rings. The molecule has 0 aliphatic carbocycles. The average Bonchev–Trinajstić information content (AvgIpc) is 3.00. The highest BCUT2D eigenvalue weighted by atomic mass is 16.7. The minimum Gasteiger partial charge on any atom is -0.454 e. The summed E-state index contributed by atoms with van der Waals surface area (Å²) in [6.07, 6.45) is 4.13. The Labute approximate surface area is 122 Å². The van der Waals surface area contributed by atoms with E-state index >= 15 is 0 Å². The molecule has 0 bridgehead atoms. The van der Waals surface area contributed by atoms with Gasteiger partial charge in [-0.2, -0.15) is 0 Å². The molecule has 2 heterocycles. The number of ether oxygens (including phenoxy) is 2. The molecule has 0 unspecified atom stereocenters. The third-order valence-corrected chi connectivity index (χ3v) is 3.59. The molecule has 0 radical (unpaired) electrons. The number of benzene rings is 1. The lowest BCUT2D eigenvalue weighted by Gasteiger charge is -2.31. The van der Waals surface area contributed by atoms with Crippen molar-refractivity contribution in [2.45, 2.75) is 0 Å². The van der Waals surface area contributed by atoms with Crippen LogP contribution in [0.4, 0.5) is 0 Å². The van der Waals surface area contributed by atoms with E-state index in [1.165, 1.54) is 0 Å². The van der Waals surface area contributed by atoms with Crippen LogP contribution in [0.25, 0.3) is 6.08 Å². The van der Waals surface area contributed by atoms with Crippen molar-refractivity contribution in [2.24, 2.45) is 0 Å². The summed E-state index contributed by atoms with van der Waals surface area (Å²) in [5.74, 6) is 1.38. The number of nitrogens with zero attached hydrogens (tertiary/aromatic N) is 2. The van der Waals surface area contributed by atoms with Crippen LogP contribution in [0.15, 0.2) is 24.3 Å². The maximum atomic E-state index is 12.1. The molecule has 1 aromatic carbocycles. The van der Waals surface area contributed by atoms with Gasteiger partial charge in [-0.3, -0.25) is 9.59 Å². The lowest BCUT2D eigenvalue weighted by atomic mass is 10.2. The van der Waals surface area contributed by atoms with Crippen molar-refractivity contribution in [3.8, 4) is 11.5 Å². The third-order valence-electron chi connectivity index (χ3n) is 3.59. The van der Waals surface area contributed by atoms with E-state index in [9.17, 15) is 9.59 Å². The normalized spacial score (nSPS) is 17.3. The maximum absolute atomic E-state index is 12.1. The van der Waals surface area contributed by atoms with Gasteiger partial charge in [0.25, 0.3) is 0 Å². The van der Waals surface area contributed by atoms with Crippen molar-refractivity contribution in [2.75, 3.05) is 33.0 Å². The Morgan fingerprint density at radius 2 is 1.86 bits per heavy atom. The first-order chi connectivity index (χ1) is 10.3. The molecular formula is C15H16N2O4. The Morgan fingerprint density at radius 1 is 1.10 bits per heavy atom. The minimum atomic E-state index is -0.0433. The molecule has 1 aromatic rings. The zero-order chi connectivity index (χ0) is 14.7. The van der Waals surface area contributed by atoms with Gasteiger partial charge >= 0.3 is 0 Å². The molecule has 2 aliphatic heterocycles. The van der Waals surface area contributed by atoms with Crippen molar-refractivity contribution < 1.29 is 19.1 Å². The molecular weight excluding hydrogens is 272 g/mol. The second kappa shape index (κ2) is 5.87. The molecule has 6 nitrogen and oxygen atoms in total. The SMILES string of the molecule is O=CN1CCN(C(=O)/C=C/c2ccc3c(c2)OCO3)CC1. The number of amides is 2. The van der Waals surface area contributed by atoms with Crippen LogP contribution in [0.2, 0.25) is 0 Å². The second-order valence-electron chi connectivity index (χ2n) is 4.91. The first kappa shape index (κ1) is 13.5. The van der Waals surface area contributed by atoms with Gasteiger partial charge in [-0.15, -0.1) is 0 Å². The summed E-state index contributed by atoms with van der Waals surface area (Å²) in [6, 6.07) is 5.55. The van der Waals surface area contributed by atoms with Gasteiger partial charge in [-0.25, -0.2) is 0 Å². The highest BCUT2D eigenvalue weighted by Crippen LogP contribution is 2.32. The molecule has 0 N–H and O–H groups in total. The highest BCUT2D eigenvalue weighted by molar-refractivity contribution is 5.92. The van der Waals surface area contributed by atoms with E-state index in [1.807, 2.05) is 18.2 Å². The van der Waals surface area contributed by atoms with E-state index in [-0.39, 0.29) is 12.7 Å². The maximum Gasteiger partial charge on any atom is 0.246 e. The van der Waals surface area contributed by atoms with Gasteiger partial charge in [-0.1, -0.05) is 6.07 Å². The van der Waals surface area contributed by atoms with Crippen LogP contribution in [-0.4, -0.2) is 55.1 Å². The van der Waals surface area contributed by atoms with E-state index in [2.05, 4.69) is 0 Å². The topological polar surface area (TPSA) is 59.1 Å². The standard InChI is InChI=1S/C15H16N2O4/c18-10-16-5-7-17(8-6-16)15(19)4-2-12-1-3-13-14(9-12)21-11-20-13/h1-4,9-10H,5-8,11H2/b4-2+. The fourth-order valence-corrected chi connectivity index (χ4v) is 2.34. The number of piperazine rings is 1. The van der Waals surface area contributed by atoms with Crippen molar-refractivity contribution in [1.82, 2.24) is 9.80 Å². The molecule has 6 heteroatoms. The first-order valence-corrected chi connectivity index (χ1v) is 6.82. The van der Waals surface area contributed by atoms with Crippen LogP contribution in [0.5, 0.6) is 11.5 Å². The number of carbonyl (C=O) groups excluding carboxylic acids is 2. The number of hydrogen-bond donors (Lipinski definition) is 0. The molecule has 21 heavy (non-hydrogen) atoms. The van der Waals surface area contributed by atoms with E-state index in [1.54, 1.807) is 22.0 Å². The average molecular weight is 288 g/mol. The fraction of sp³-hybridized carbons (Fsp3) is 0.333. The van der Waals surface area contributed by atoms with Crippen molar-refractivity contribution in [3.05, 3.63) is 29.8 Å². The van der Waals surface area contributed by atoms with Gasteiger partial charge in [-0.05, 0) is 23.8 Å². The fourth-order valence-electron chi connectivity index (χ4n) is 2.34. The number of carbonyl (C=O) groups is 2. The summed E-state index contributed by atoms with van der Waals surface area (Å²) in [5.41, 5.74) is 0.888. The summed E-state index contributed by atoms with van der Waals surface area (Å²) in [7, 11) is 0. The quantitative estimate of drug-likeness (QED) is 0.608. The largest absolute Gasteiger partial charge is 0.454 e. The van der Waals surface area contributed by atoms with Gasteiger partial charge in [0.05, 0.1) is 0 Å². The zero-order valence-corrected chi connectivity index (χ0v) is 11.5. The molecule has 3 rings (SSSR count). The summed E-state index contributed by atoms with van der Waals surface area (Å²) in [5, 5.41) is 0. The van der Waals surface area contributed by atoms with E-state index in [0.29, 0.717) is 31.9 Å². The minimum absolute atomic E-state index is 0.0433. The Morgan fingerprint density at radius 3 is 2.62 bits per heavy atom. The number of fused-ring (bicyclic) bond motifs is 1. The Hall–Kier alpha value is -2.50. The van der Waals surface area contributed by atoms with Crippen molar-refractivity contribution >= 4 is 18.4 Å². The Balaban J connectivity index is 1.61. The van der Waals surface area contributed by atoms with E-state index < -0.39 is 0 Å². The molecule has 0 saturated carbocycles. The molecule has 1 saturated heterocycles. The second-order valence-corrected chi connectivity index (χ2v) is 4.91. The van der Waals surface area contributed by atoms with Crippen LogP contribution in [0.3, 0.4) is 0 Å². The number of hydrogen-bond acceptors (Lipinski definition) is 4. The molecule has 0 spiro atoms. The lowest BCUT2D eigenvalue weighted by molar-refractivity contribution is -0.130. The molecule has 2 amide bonds. The van der Waals surface area contributed by atoms with Gasteiger partial charge < -0.3 is 19.3 Å². The summed E-state index contributed by atoms with van der Waals surface area (Å²) in [4.78, 5) is 26.1. The predicted octanol–water partition coefficient (Wildman–Crippen LogP) is 0.729. The predicted molar refractivity (Wildman–Crippen MR) is 75.8 cm³/mol. The molecule has 110 valence electrons. The highest BCUT2D eigenvalue weighted by Gasteiger charge is 2.18. The molecule has 0 aromatic heterocycles. The van der Waals surface area contributed by atoms with Crippen LogP contribution in [-0.2, 0) is 9.59 Å². The van der Waals surface area contributed by atoms with Crippen LogP contribution in [0.1, 0.15) is 5.56 Å². The first-order valence-electron chi connectivity index (χ1n) is 6.82. The van der Waals surface area contributed by atoms with Crippen LogP contribution < -0.4 is 9.47 Å². The lowest BCUT2D eigenvalue weighted by Crippen LogP contribution is -2.47. The summed E-state index contributed by atoms with van der Waals surface area (Å²) < 4.78 is 10.5. The van der Waals surface area contributed by atoms with Crippen LogP contribution >= 0.6 is 0 Å². The number of rotatable bonds is 3. The Bertz CT molecular complexity index is 577. The van der Waals surface area contributed by atoms with Crippen molar-refractivity contribution in [1.29, 1.82) is 0 Å².